The molecule has 0 spiro atoms. The summed E-state index contributed by atoms with van der Waals surface area (Å²) in [5.74, 6) is 0.938. The van der Waals surface area contributed by atoms with Crippen LogP contribution in [0.4, 0.5) is 0 Å². The fourth-order valence-corrected chi connectivity index (χ4v) is 4.58. The number of methoxy groups -OCH3 is 1. The fourth-order valence-electron chi connectivity index (χ4n) is 4.58. The molecule has 1 amide bonds. The molecule has 0 saturated carbocycles. The first-order chi connectivity index (χ1) is 14.2. The van der Waals surface area contributed by atoms with Crippen molar-refractivity contribution in [3.8, 4) is 5.75 Å². The topological polar surface area (TPSA) is 50.6 Å². The molecule has 6 heteroatoms. The lowest BCUT2D eigenvalue weighted by molar-refractivity contribution is 0.0556. The quantitative estimate of drug-likeness (QED) is 0.674. The number of amides is 1. The maximum absolute atomic E-state index is 13.3. The van der Waals surface area contributed by atoms with E-state index in [2.05, 4.69) is 26.6 Å². The van der Waals surface area contributed by atoms with E-state index in [9.17, 15) is 4.79 Å². The molecule has 6 nitrogen and oxygen atoms in total. The van der Waals surface area contributed by atoms with E-state index in [-0.39, 0.29) is 18.0 Å². The molecular formula is C23H24N4O2. The SMILES string of the molecule is COc1ccc(CN2C(=O)c3cccn3C3CN(Cc4ccncc4)CC32)cc1. The minimum atomic E-state index is 0.109. The van der Waals surface area contributed by atoms with Crippen LogP contribution < -0.4 is 4.74 Å². The van der Waals surface area contributed by atoms with Crippen molar-refractivity contribution in [2.45, 2.75) is 25.2 Å². The summed E-state index contributed by atoms with van der Waals surface area (Å²) in [5, 5.41) is 0. The lowest BCUT2D eigenvalue weighted by atomic mass is 10.0. The summed E-state index contributed by atoms with van der Waals surface area (Å²) >= 11 is 0. The Kier molecular flexibility index (Phi) is 4.56. The first-order valence-corrected chi connectivity index (χ1v) is 9.95. The van der Waals surface area contributed by atoms with E-state index in [1.807, 2.05) is 59.9 Å². The molecule has 1 saturated heterocycles. The lowest BCUT2D eigenvalue weighted by Gasteiger charge is -2.38. The van der Waals surface area contributed by atoms with Gasteiger partial charge in [0.2, 0.25) is 0 Å². The Bertz CT molecular complexity index is 999. The molecule has 0 aliphatic carbocycles. The molecule has 2 aliphatic rings. The van der Waals surface area contributed by atoms with E-state index >= 15 is 0 Å². The average Bonchev–Trinajstić information content (AvgIpc) is 3.39. The van der Waals surface area contributed by atoms with Crippen LogP contribution in [0.15, 0.2) is 67.1 Å². The van der Waals surface area contributed by atoms with Gasteiger partial charge in [-0.25, -0.2) is 0 Å². The average molecular weight is 388 g/mol. The number of pyridine rings is 1. The summed E-state index contributed by atoms with van der Waals surface area (Å²) in [6.45, 7) is 3.28. The second-order valence-corrected chi connectivity index (χ2v) is 7.77. The number of carbonyl (C=O) groups is 1. The Labute approximate surface area is 170 Å². The Hall–Kier alpha value is -3.12. The molecule has 5 rings (SSSR count). The van der Waals surface area contributed by atoms with Gasteiger partial charge in [0.1, 0.15) is 11.4 Å². The first-order valence-electron chi connectivity index (χ1n) is 9.95. The predicted octanol–water partition coefficient (Wildman–Crippen LogP) is 2.97. The highest BCUT2D eigenvalue weighted by Gasteiger charge is 2.44. The third-order valence-electron chi connectivity index (χ3n) is 6.02. The largest absolute Gasteiger partial charge is 0.497 e. The van der Waals surface area contributed by atoms with E-state index in [0.717, 1.165) is 36.6 Å². The monoisotopic (exact) mass is 388 g/mol. The normalized spacial score (nSPS) is 21.1. The smallest absolute Gasteiger partial charge is 0.271 e. The maximum Gasteiger partial charge on any atom is 0.271 e. The number of ether oxygens (including phenoxy) is 1. The molecular weight excluding hydrogens is 364 g/mol. The number of hydrogen-bond donors (Lipinski definition) is 0. The van der Waals surface area contributed by atoms with Crippen LogP contribution in [0.25, 0.3) is 0 Å². The highest BCUT2D eigenvalue weighted by Crippen LogP contribution is 2.35. The number of aromatic nitrogens is 2. The Morgan fingerprint density at radius 1 is 0.966 bits per heavy atom. The molecule has 2 atom stereocenters. The molecule has 0 N–H and O–H groups in total. The fraction of sp³-hybridized carbons (Fsp3) is 0.304. The van der Waals surface area contributed by atoms with Crippen LogP contribution in [0.1, 0.15) is 27.7 Å². The summed E-state index contributed by atoms with van der Waals surface area (Å²) < 4.78 is 7.43. The van der Waals surface area contributed by atoms with Crippen LogP contribution >= 0.6 is 0 Å². The van der Waals surface area contributed by atoms with Crippen molar-refractivity contribution in [1.82, 2.24) is 19.4 Å². The number of hydrogen-bond acceptors (Lipinski definition) is 4. The molecule has 1 fully saturated rings. The Balaban J connectivity index is 1.41. The highest BCUT2D eigenvalue weighted by atomic mass is 16.5. The molecule has 0 bridgehead atoms. The van der Waals surface area contributed by atoms with Gasteiger partial charge in [-0.1, -0.05) is 12.1 Å². The zero-order valence-electron chi connectivity index (χ0n) is 16.4. The van der Waals surface area contributed by atoms with E-state index < -0.39 is 0 Å². The van der Waals surface area contributed by atoms with Crippen LogP contribution in [0.2, 0.25) is 0 Å². The van der Waals surface area contributed by atoms with Crippen molar-refractivity contribution in [2.24, 2.45) is 0 Å². The summed E-state index contributed by atoms with van der Waals surface area (Å²) in [6, 6.07) is 16.5. The van der Waals surface area contributed by atoms with E-state index in [1.54, 1.807) is 7.11 Å². The zero-order valence-corrected chi connectivity index (χ0v) is 16.4. The van der Waals surface area contributed by atoms with Crippen molar-refractivity contribution in [1.29, 1.82) is 0 Å². The van der Waals surface area contributed by atoms with Crippen molar-refractivity contribution in [3.05, 3.63) is 83.9 Å². The van der Waals surface area contributed by atoms with E-state index in [1.165, 1.54) is 5.56 Å². The van der Waals surface area contributed by atoms with Crippen LogP contribution in [-0.2, 0) is 13.1 Å². The predicted molar refractivity (Wildman–Crippen MR) is 110 cm³/mol. The number of benzene rings is 1. The molecule has 29 heavy (non-hydrogen) atoms. The van der Waals surface area contributed by atoms with Crippen molar-refractivity contribution >= 4 is 5.91 Å². The number of nitrogens with zero attached hydrogens (tertiary/aromatic N) is 4. The van der Waals surface area contributed by atoms with Crippen molar-refractivity contribution in [2.75, 3.05) is 20.2 Å². The lowest BCUT2D eigenvalue weighted by Crippen LogP contribution is -2.49. The number of carbonyl (C=O) groups excluding carboxylic acids is 1. The summed E-state index contributed by atoms with van der Waals surface area (Å²) in [6.07, 6.45) is 5.72. The van der Waals surface area contributed by atoms with Gasteiger partial charge in [0.05, 0.1) is 19.2 Å². The summed E-state index contributed by atoms with van der Waals surface area (Å²) in [7, 11) is 1.66. The standard InChI is InChI=1S/C23H24N4O2/c1-29-19-6-4-17(5-7-19)14-27-22-16-25(13-18-8-10-24-11-9-18)15-21(22)26-12-2-3-20(26)23(27)28/h2-12,21-22H,13-16H2,1H3. The van der Waals surface area contributed by atoms with Gasteiger partial charge in [0, 0.05) is 44.8 Å². The maximum atomic E-state index is 13.3. The van der Waals surface area contributed by atoms with Gasteiger partial charge in [-0.3, -0.25) is 14.7 Å². The van der Waals surface area contributed by atoms with Crippen LogP contribution in [-0.4, -0.2) is 51.5 Å². The Morgan fingerprint density at radius 2 is 1.69 bits per heavy atom. The summed E-state index contributed by atoms with van der Waals surface area (Å²) in [4.78, 5) is 21.9. The molecule has 1 aromatic carbocycles. The first kappa shape index (κ1) is 17.9. The van der Waals surface area contributed by atoms with Gasteiger partial charge in [-0.2, -0.15) is 0 Å². The van der Waals surface area contributed by atoms with Gasteiger partial charge >= 0.3 is 0 Å². The zero-order chi connectivity index (χ0) is 19.8. The minimum absolute atomic E-state index is 0.109. The van der Waals surface area contributed by atoms with Gasteiger partial charge in [-0.05, 0) is 47.5 Å². The summed E-state index contributed by atoms with van der Waals surface area (Å²) in [5.41, 5.74) is 3.15. The second-order valence-electron chi connectivity index (χ2n) is 7.77. The van der Waals surface area contributed by atoms with Crippen molar-refractivity contribution in [3.63, 3.8) is 0 Å². The van der Waals surface area contributed by atoms with E-state index in [4.69, 9.17) is 4.74 Å². The molecule has 2 aliphatic heterocycles. The molecule has 2 aromatic heterocycles. The molecule has 4 heterocycles. The highest BCUT2D eigenvalue weighted by molar-refractivity contribution is 5.94. The van der Waals surface area contributed by atoms with Gasteiger partial charge in [0.25, 0.3) is 5.91 Å². The van der Waals surface area contributed by atoms with Gasteiger partial charge in [0.15, 0.2) is 0 Å². The number of fused-ring (bicyclic) bond motifs is 3. The molecule has 2 unspecified atom stereocenters. The Morgan fingerprint density at radius 3 is 2.45 bits per heavy atom. The third kappa shape index (κ3) is 3.29. The van der Waals surface area contributed by atoms with E-state index in [0.29, 0.717) is 6.54 Å². The second kappa shape index (κ2) is 7.37. The van der Waals surface area contributed by atoms with Gasteiger partial charge in [-0.15, -0.1) is 0 Å². The van der Waals surface area contributed by atoms with Crippen molar-refractivity contribution < 1.29 is 9.53 Å². The number of rotatable bonds is 5. The van der Waals surface area contributed by atoms with Crippen LogP contribution in [0, 0.1) is 0 Å². The molecule has 3 aromatic rings. The molecule has 0 radical (unpaired) electrons. The third-order valence-corrected chi connectivity index (χ3v) is 6.02. The van der Waals surface area contributed by atoms with Crippen LogP contribution in [0.3, 0.4) is 0 Å². The van der Waals surface area contributed by atoms with Crippen LogP contribution in [0.5, 0.6) is 5.75 Å². The molecule has 148 valence electrons. The number of likely N-dealkylation sites (tertiary alicyclic amines) is 1. The van der Waals surface area contributed by atoms with Gasteiger partial charge < -0.3 is 14.2 Å². The minimum Gasteiger partial charge on any atom is -0.497 e.